The summed E-state index contributed by atoms with van der Waals surface area (Å²) in [5.74, 6) is 1.92. The number of methoxy groups -OCH3 is 1. The summed E-state index contributed by atoms with van der Waals surface area (Å²) in [7, 11) is 1.58. The Kier molecular flexibility index (Phi) is 6.40. The molecule has 0 radical (unpaired) electrons. The maximum atomic E-state index is 9.75. The van der Waals surface area contributed by atoms with Crippen molar-refractivity contribution in [1.29, 1.82) is 5.26 Å². The van der Waals surface area contributed by atoms with Gasteiger partial charge < -0.3 is 20.5 Å². The minimum absolute atomic E-state index is 0.211. The fourth-order valence-electron chi connectivity index (χ4n) is 3.88. The first-order chi connectivity index (χ1) is 15.1. The number of benzene rings is 2. The van der Waals surface area contributed by atoms with Crippen LogP contribution in [0.5, 0.6) is 5.75 Å². The minimum Gasteiger partial charge on any atom is -0.495 e. The van der Waals surface area contributed by atoms with Gasteiger partial charge in [0.1, 0.15) is 5.75 Å². The lowest BCUT2D eigenvalue weighted by molar-refractivity contribution is 0.126. The third-order valence-corrected chi connectivity index (χ3v) is 5.92. The van der Waals surface area contributed by atoms with Crippen molar-refractivity contribution in [3.8, 4) is 11.8 Å². The number of aliphatic hydroxyl groups is 1. The Labute approximate surface area is 186 Å². The molecule has 0 spiro atoms. The summed E-state index contributed by atoms with van der Waals surface area (Å²) >= 11 is 6.23. The third kappa shape index (κ3) is 4.82. The molecule has 3 aromatic rings. The number of hydrogen-bond acceptors (Lipinski definition) is 7. The molecule has 2 aromatic carbocycles. The number of rotatable bonds is 6. The molecule has 1 aliphatic rings. The molecule has 0 unspecified atom stereocenters. The number of aliphatic hydroxyl groups excluding tert-OH is 1. The first-order valence-electron chi connectivity index (χ1n) is 10.3. The fourth-order valence-corrected chi connectivity index (χ4v) is 4.16. The Morgan fingerprint density at radius 3 is 2.58 bits per heavy atom. The summed E-state index contributed by atoms with van der Waals surface area (Å²) in [6.45, 7) is 0.498. The number of halogens is 1. The molecule has 1 saturated carbocycles. The van der Waals surface area contributed by atoms with Crippen LogP contribution in [0.3, 0.4) is 0 Å². The second-order valence-corrected chi connectivity index (χ2v) is 8.15. The normalized spacial score (nSPS) is 18.4. The van der Waals surface area contributed by atoms with Crippen LogP contribution in [0.25, 0.3) is 10.8 Å². The standard InChI is InChI=1S/C23H24ClN5O2/c1-31-21-9-3-15(11-20(21)24)13-26-22-19-10-14(12-25)2-8-18(19)23(29-28-22)27-16-4-6-17(30)7-5-16/h2-3,8-11,16-17,30H,4-7,13H2,1H3,(H,26,28)(H,27,29). The van der Waals surface area contributed by atoms with E-state index in [0.29, 0.717) is 34.5 Å². The molecule has 4 rings (SSSR count). The highest BCUT2D eigenvalue weighted by Crippen LogP contribution is 2.30. The van der Waals surface area contributed by atoms with Crippen LogP contribution in [0.15, 0.2) is 36.4 Å². The van der Waals surface area contributed by atoms with E-state index in [2.05, 4.69) is 26.9 Å². The molecular weight excluding hydrogens is 414 g/mol. The lowest BCUT2D eigenvalue weighted by Gasteiger charge is -2.27. The SMILES string of the molecule is COc1ccc(CNc2nnc(NC3CCC(O)CC3)c3ccc(C#N)cc23)cc1Cl. The van der Waals surface area contributed by atoms with Crippen LogP contribution in [-0.2, 0) is 6.54 Å². The van der Waals surface area contributed by atoms with Gasteiger partial charge in [-0.15, -0.1) is 10.2 Å². The molecule has 0 amide bonds. The molecule has 0 bridgehead atoms. The van der Waals surface area contributed by atoms with E-state index < -0.39 is 0 Å². The van der Waals surface area contributed by atoms with Gasteiger partial charge in [-0.2, -0.15) is 5.26 Å². The molecule has 3 N–H and O–H groups in total. The van der Waals surface area contributed by atoms with Gasteiger partial charge in [0.2, 0.25) is 0 Å². The van der Waals surface area contributed by atoms with E-state index >= 15 is 0 Å². The van der Waals surface area contributed by atoms with E-state index in [1.165, 1.54) is 0 Å². The van der Waals surface area contributed by atoms with Gasteiger partial charge in [-0.25, -0.2) is 0 Å². The zero-order valence-corrected chi connectivity index (χ0v) is 18.0. The zero-order valence-electron chi connectivity index (χ0n) is 17.2. The van der Waals surface area contributed by atoms with Crippen molar-refractivity contribution in [2.24, 2.45) is 0 Å². The van der Waals surface area contributed by atoms with Crippen LogP contribution in [0.4, 0.5) is 11.6 Å². The smallest absolute Gasteiger partial charge is 0.157 e. The molecule has 31 heavy (non-hydrogen) atoms. The second-order valence-electron chi connectivity index (χ2n) is 7.74. The molecule has 1 heterocycles. The first-order valence-corrected chi connectivity index (χ1v) is 10.7. The molecule has 0 atom stereocenters. The Hall–Kier alpha value is -3.08. The summed E-state index contributed by atoms with van der Waals surface area (Å²) in [6.07, 6.45) is 3.13. The quantitative estimate of drug-likeness (QED) is 0.522. The lowest BCUT2D eigenvalue weighted by Crippen LogP contribution is -2.28. The number of fused-ring (bicyclic) bond motifs is 1. The summed E-state index contributed by atoms with van der Waals surface area (Å²) in [6, 6.07) is 13.5. The van der Waals surface area contributed by atoms with Gasteiger partial charge in [0.25, 0.3) is 0 Å². The maximum Gasteiger partial charge on any atom is 0.157 e. The predicted octanol–water partition coefficient (Wildman–Crippen LogP) is 4.49. The van der Waals surface area contributed by atoms with Crippen LogP contribution in [-0.4, -0.2) is 34.6 Å². The minimum atomic E-state index is -0.211. The largest absolute Gasteiger partial charge is 0.495 e. The van der Waals surface area contributed by atoms with Gasteiger partial charge in [-0.1, -0.05) is 17.7 Å². The Balaban J connectivity index is 1.60. The number of aromatic nitrogens is 2. The molecular formula is C23H24ClN5O2. The van der Waals surface area contributed by atoms with Crippen LogP contribution in [0, 0.1) is 11.3 Å². The topological polar surface area (TPSA) is 103 Å². The van der Waals surface area contributed by atoms with Crippen LogP contribution < -0.4 is 15.4 Å². The molecule has 1 fully saturated rings. The van der Waals surface area contributed by atoms with Gasteiger partial charge in [0, 0.05) is 23.4 Å². The van der Waals surface area contributed by atoms with Gasteiger partial charge in [-0.3, -0.25) is 0 Å². The van der Waals surface area contributed by atoms with Gasteiger partial charge in [0.05, 0.1) is 29.9 Å². The van der Waals surface area contributed by atoms with Crippen molar-refractivity contribution in [3.63, 3.8) is 0 Å². The summed E-state index contributed by atoms with van der Waals surface area (Å²) in [5.41, 5.74) is 1.53. The molecule has 1 aromatic heterocycles. The van der Waals surface area contributed by atoms with Crippen molar-refractivity contribution in [3.05, 3.63) is 52.5 Å². The summed E-state index contributed by atoms with van der Waals surface area (Å²) < 4.78 is 5.20. The number of ether oxygens (including phenoxy) is 1. The van der Waals surface area contributed by atoms with Crippen molar-refractivity contribution < 1.29 is 9.84 Å². The Bertz CT molecular complexity index is 1120. The zero-order chi connectivity index (χ0) is 21.8. The highest BCUT2D eigenvalue weighted by molar-refractivity contribution is 6.32. The second kappa shape index (κ2) is 9.38. The van der Waals surface area contributed by atoms with Crippen molar-refractivity contribution in [2.45, 2.75) is 44.4 Å². The van der Waals surface area contributed by atoms with E-state index in [1.54, 1.807) is 13.2 Å². The van der Waals surface area contributed by atoms with Crippen molar-refractivity contribution >= 4 is 34.0 Å². The van der Waals surface area contributed by atoms with E-state index in [4.69, 9.17) is 16.3 Å². The summed E-state index contributed by atoms with van der Waals surface area (Å²) in [5, 5.41) is 37.0. The number of anilines is 2. The molecule has 1 aliphatic carbocycles. The molecule has 7 nitrogen and oxygen atoms in total. The van der Waals surface area contributed by atoms with Crippen molar-refractivity contribution in [2.75, 3.05) is 17.7 Å². The number of nitrogens with zero attached hydrogens (tertiary/aromatic N) is 3. The molecule has 8 heteroatoms. The van der Waals surface area contributed by atoms with Crippen LogP contribution in [0.2, 0.25) is 5.02 Å². The Morgan fingerprint density at radius 2 is 1.87 bits per heavy atom. The number of nitrogens with one attached hydrogen (secondary N) is 2. The van der Waals surface area contributed by atoms with E-state index in [1.807, 2.05) is 30.3 Å². The monoisotopic (exact) mass is 437 g/mol. The van der Waals surface area contributed by atoms with Crippen molar-refractivity contribution in [1.82, 2.24) is 10.2 Å². The lowest BCUT2D eigenvalue weighted by atomic mass is 9.93. The molecule has 0 aliphatic heterocycles. The maximum absolute atomic E-state index is 9.75. The van der Waals surface area contributed by atoms with E-state index in [-0.39, 0.29) is 12.1 Å². The summed E-state index contributed by atoms with van der Waals surface area (Å²) in [4.78, 5) is 0. The van der Waals surface area contributed by atoms with Gasteiger partial charge in [0.15, 0.2) is 11.6 Å². The number of nitriles is 1. The van der Waals surface area contributed by atoms with Crippen LogP contribution in [0.1, 0.15) is 36.8 Å². The molecule has 160 valence electrons. The highest BCUT2D eigenvalue weighted by Gasteiger charge is 2.21. The van der Waals surface area contributed by atoms with Crippen LogP contribution >= 0.6 is 11.6 Å². The van der Waals surface area contributed by atoms with E-state index in [9.17, 15) is 10.4 Å². The molecule has 0 saturated heterocycles. The highest BCUT2D eigenvalue weighted by atomic mass is 35.5. The number of hydrogen-bond donors (Lipinski definition) is 3. The first kappa shape index (κ1) is 21.2. The van der Waals surface area contributed by atoms with Gasteiger partial charge in [-0.05, 0) is 61.6 Å². The third-order valence-electron chi connectivity index (χ3n) is 5.62. The predicted molar refractivity (Wildman–Crippen MR) is 121 cm³/mol. The average molecular weight is 438 g/mol. The fraction of sp³-hybridized carbons (Fsp3) is 0.348. The van der Waals surface area contributed by atoms with E-state index in [0.717, 1.165) is 42.0 Å². The van der Waals surface area contributed by atoms with Gasteiger partial charge >= 0.3 is 0 Å². The average Bonchev–Trinajstić information content (AvgIpc) is 2.79. The Morgan fingerprint density at radius 1 is 1.10 bits per heavy atom.